The Hall–Kier alpha value is -1.56. The van der Waals surface area contributed by atoms with E-state index in [9.17, 15) is 13.2 Å². The first-order valence-electron chi connectivity index (χ1n) is 5.99. The third-order valence-electron chi connectivity index (χ3n) is 2.55. The highest BCUT2D eigenvalue weighted by Gasteiger charge is 2.24. The first-order valence-corrected chi connectivity index (χ1v) is 7.64. The first kappa shape index (κ1) is 13.9. The lowest BCUT2D eigenvalue weighted by Crippen LogP contribution is -2.24. The number of carbonyl (C=O) groups is 1. The maximum absolute atomic E-state index is 11.7. The summed E-state index contributed by atoms with van der Waals surface area (Å²) in [6.07, 6.45) is 0.143. The van der Waals surface area contributed by atoms with Crippen LogP contribution in [-0.2, 0) is 31.7 Å². The maximum atomic E-state index is 11.7. The minimum absolute atomic E-state index is 0.0372. The predicted molar refractivity (Wildman–Crippen MR) is 72.2 cm³/mol. The summed E-state index contributed by atoms with van der Waals surface area (Å²) in [6, 6.07) is 5.15. The van der Waals surface area contributed by atoms with Crippen LogP contribution in [0.2, 0.25) is 0 Å². The number of sulfonamides is 1. The lowest BCUT2D eigenvalue weighted by Gasteiger charge is -2.19. The molecule has 0 saturated heterocycles. The van der Waals surface area contributed by atoms with Crippen molar-refractivity contribution in [1.82, 2.24) is 0 Å². The minimum Gasteiger partial charge on any atom is -0.460 e. The number of hydrogen-bond donors (Lipinski definition) is 1. The van der Waals surface area contributed by atoms with Crippen molar-refractivity contribution in [3.63, 3.8) is 0 Å². The van der Waals surface area contributed by atoms with E-state index >= 15 is 0 Å². The van der Waals surface area contributed by atoms with E-state index in [1.807, 2.05) is 20.8 Å². The van der Waals surface area contributed by atoms with Gasteiger partial charge in [-0.25, -0.2) is 8.42 Å². The molecule has 0 spiro atoms. The fourth-order valence-corrected chi connectivity index (χ4v) is 3.18. The van der Waals surface area contributed by atoms with E-state index in [0.717, 1.165) is 5.56 Å². The molecule has 0 fully saturated rings. The van der Waals surface area contributed by atoms with Gasteiger partial charge in [0.25, 0.3) is 0 Å². The SMILES string of the molecule is CC(C)(C)OC(=O)Cc1ccc2c(c1)CS(=O)(=O)N2. The van der Waals surface area contributed by atoms with Gasteiger partial charge in [-0.05, 0) is 38.0 Å². The second-order valence-electron chi connectivity index (χ2n) is 5.62. The number of fused-ring (bicyclic) bond motifs is 1. The van der Waals surface area contributed by atoms with Crippen LogP contribution in [0.25, 0.3) is 0 Å². The van der Waals surface area contributed by atoms with Gasteiger partial charge in [0, 0.05) is 0 Å². The molecule has 0 bridgehead atoms. The standard InChI is InChI=1S/C13H17NO4S/c1-13(2,3)18-12(15)7-9-4-5-11-10(6-9)8-19(16,17)14-11/h4-6,14H,7-8H2,1-3H3. The van der Waals surface area contributed by atoms with Crippen LogP contribution in [0.15, 0.2) is 18.2 Å². The Morgan fingerprint density at radius 3 is 2.68 bits per heavy atom. The fourth-order valence-electron chi connectivity index (χ4n) is 1.93. The molecule has 0 atom stereocenters. The average molecular weight is 283 g/mol. The van der Waals surface area contributed by atoms with Crippen molar-refractivity contribution in [1.29, 1.82) is 0 Å². The van der Waals surface area contributed by atoms with Crippen LogP contribution in [-0.4, -0.2) is 20.0 Å². The fraction of sp³-hybridized carbons (Fsp3) is 0.462. The van der Waals surface area contributed by atoms with Crippen molar-refractivity contribution in [2.75, 3.05) is 4.72 Å². The molecule has 0 aliphatic carbocycles. The number of rotatable bonds is 2. The molecular formula is C13H17NO4S. The topological polar surface area (TPSA) is 72.5 Å². The molecule has 19 heavy (non-hydrogen) atoms. The second-order valence-corrected chi connectivity index (χ2v) is 7.34. The van der Waals surface area contributed by atoms with E-state index in [2.05, 4.69) is 4.72 Å². The van der Waals surface area contributed by atoms with Gasteiger partial charge >= 0.3 is 5.97 Å². The van der Waals surface area contributed by atoms with Gasteiger partial charge in [-0.3, -0.25) is 9.52 Å². The molecule has 104 valence electrons. The van der Waals surface area contributed by atoms with E-state index in [1.165, 1.54) is 0 Å². The molecule has 0 amide bonds. The molecule has 5 nitrogen and oxygen atoms in total. The van der Waals surface area contributed by atoms with Crippen molar-refractivity contribution in [3.05, 3.63) is 29.3 Å². The highest BCUT2D eigenvalue weighted by Crippen LogP contribution is 2.28. The summed E-state index contributed by atoms with van der Waals surface area (Å²) in [5.74, 6) is -0.355. The number of nitrogens with one attached hydrogen (secondary N) is 1. The molecule has 0 aromatic heterocycles. The lowest BCUT2D eigenvalue weighted by atomic mass is 10.1. The molecule has 6 heteroatoms. The molecule has 0 saturated carbocycles. The average Bonchev–Trinajstić information content (AvgIpc) is 2.47. The minimum atomic E-state index is -3.25. The highest BCUT2D eigenvalue weighted by molar-refractivity contribution is 7.92. The number of esters is 1. The van der Waals surface area contributed by atoms with Gasteiger partial charge in [-0.2, -0.15) is 0 Å². The van der Waals surface area contributed by atoms with Crippen LogP contribution < -0.4 is 4.72 Å². The van der Waals surface area contributed by atoms with Crippen LogP contribution in [0.1, 0.15) is 31.9 Å². The Morgan fingerprint density at radius 2 is 2.05 bits per heavy atom. The van der Waals surface area contributed by atoms with E-state index in [0.29, 0.717) is 11.3 Å². The van der Waals surface area contributed by atoms with E-state index in [4.69, 9.17) is 4.74 Å². The largest absolute Gasteiger partial charge is 0.460 e. The van der Waals surface area contributed by atoms with Gasteiger partial charge in [0.05, 0.1) is 17.9 Å². The zero-order chi connectivity index (χ0) is 14.3. The maximum Gasteiger partial charge on any atom is 0.310 e. The van der Waals surface area contributed by atoms with Crippen molar-refractivity contribution in [3.8, 4) is 0 Å². The smallest absolute Gasteiger partial charge is 0.310 e. The first-order chi connectivity index (χ1) is 8.65. The molecule has 1 N–H and O–H groups in total. The molecule has 1 aromatic carbocycles. The zero-order valence-corrected chi connectivity index (χ0v) is 12.0. The van der Waals surface area contributed by atoms with Crippen LogP contribution >= 0.6 is 0 Å². The van der Waals surface area contributed by atoms with Gasteiger partial charge < -0.3 is 4.74 Å². The van der Waals surface area contributed by atoms with Crippen molar-refractivity contribution in [2.45, 2.75) is 38.5 Å². The number of benzene rings is 1. The number of hydrogen-bond acceptors (Lipinski definition) is 4. The molecule has 1 aliphatic heterocycles. The van der Waals surface area contributed by atoms with Crippen LogP contribution in [0.5, 0.6) is 0 Å². The molecule has 1 heterocycles. The van der Waals surface area contributed by atoms with E-state index in [-0.39, 0.29) is 18.1 Å². The summed E-state index contributed by atoms with van der Waals surface area (Å²) < 4.78 is 30.5. The second kappa shape index (κ2) is 4.52. The summed E-state index contributed by atoms with van der Waals surface area (Å²) in [6.45, 7) is 5.43. The lowest BCUT2D eigenvalue weighted by molar-refractivity contribution is -0.153. The van der Waals surface area contributed by atoms with Crippen LogP contribution in [0, 0.1) is 0 Å². The van der Waals surface area contributed by atoms with Crippen LogP contribution in [0.3, 0.4) is 0 Å². The van der Waals surface area contributed by atoms with E-state index < -0.39 is 15.6 Å². The highest BCUT2D eigenvalue weighted by atomic mass is 32.2. The van der Waals surface area contributed by atoms with Gasteiger partial charge in [0.1, 0.15) is 5.60 Å². The van der Waals surface area contributed by atoms with Crippen molar-refractivity contribution in [2.24, 2.45) is 0 Å². The van der Waals surface area contributed by atoms with Crippen LogP contribution in [0.4, 0.5) is 5.69 Å². The Kier molecular flexibility index (Phi) is 3.30. The Bertz CT molecular complexity index is 614. The molecule has 0 radical (unpaired) electrons. The summed E-state index contributed by atoms with van der Waals surface area (Å²) in [4.78, 5) is 11.7. The summed E-state index contributed by atoms with van der Waals surface area (Å²) >= 11 is 0. The third kappa shape index (κ3) is 3.70. The van der Waals surface area contributed by atoms with E-state index in [1.54, 1.807) is 18.2 Å². The third-order valence-corrected chi connectivity index (χ3v) is 3.77. The Labute approximate surface area is 113 Å². The number of anilines is 1. The number of ether oxygens (including phenoxy) is 1. The normalized spacial score (nSPS) is 16.6. The molecule has 0 unspecified atom stereocenters. The van der Waals surface area contributed by atoms with Crippen molar-refractivity contribution < 1.29 is 17.9 Å². The molecule has 2 rings (SSSR count). The zero-order valence-electron chi connectivity index (χ0n) is 11.2. The van der Waals surface area contributed by atoms with Gasteiger partial charge in [-0.1, -0.05) is 12.1 Å². The Balaban J connectivity index is 2.11. The quantitative estimate of drug-likeness (QED) is 0.840. The molecular weight excluding hydrogens is 266 g/mol. The molecule has 1 aliphatic rings. The summed E-state index contributed by atoms with van der Waals surface area (Å²) in [5.41, 5.74) is 1.53. The van der Waals surface area contributed by atoms with Crippen molar-refractivity contribution >= 4 is 21.7 Å². The summed E-state index contributed by atoms with van der Waals surface area (Å²) in [5, 5.41) is 0. The van der Waals surface area contributed by atoms with Gasteiger partial charge in [-0.15, -0.1) is 0 Å². The summed E-state index contributed by atoms with van der Waals surface area (Å²) in [7, 11) is -3.25. The molecule has 1 aromatic rings. The van der Waals surface area contributed by atoms with Gasteiger partial charge in [0.2, 0.25) is 10.0 Å². The van der Waals surface area contributed by atoms with Gasteiger partial charge in [0.15, 0.2) is 0 Å². The number of carbonyl (C=O) groups excluding carboxylic acids is 1. The predicted octanol–water partition coefficient (Wildman–Crippen LogP) is 1.83. The monoisotopic (exact) mass is 283 g/mol. The Morgan fingerprint density at radius 1 is 1.37 bits per heavy atom.